The Labute approximate surface area is 144 Å². The van der Waals surface area contributed by atoms with Gasteiger partial charge in [-0.05, 0) is 51.2 Å². The van der Waals surface area contributed by atoms with Crippen LogP contribution in [-0.2, 0) is 0 Å². The molecule has 0 aromatic carbocycles. The summed E-state index contributed by atoms with van der Waals surface area (Å²) in [6, 6.07) is 4.17. The fourth-order valence-corrected chi connectivity index (χ4v) is 2.97. The van der Waals surface area contributed by atoms with E-state index >= 15 is 0 Å². The maximum Gasteiger partial charge on any atom is 0.315 e. The average Bonchev–Trinajstić information content (AvgIpc) is 2.56. The van der Waals surface area contributed by atoms with Crippen LogP contribution in [0.4, 0.5) is 10.6 Å². The van der Waals surface area contributed by atoms with Crippen molar-refractivity contribution in [2.75, 3.05) is 24.6 Å². The Morgan fingerprint density at radius 3 is 2.67 bits per heavy atom. The van der Waals surface area contributed by atoms with Gasteiger partial charge in [0.15, 0.2) is 0 Å². The zero-order chi connectivity index (χ0) is 17.6. The van der Waals surface area contributed by atoms with Crippen molar-refractivity contribution in [1.29, 1.82) is 0 Å². The van der Waals surface area contributed by atoms with Crippen LogP contribution in [0.3, 0.4) is 0 Å². The highest BCUT2D eigenvalue weighted by Crippen LogP contribution is 2.18. The van der Waals surface area contributed by atoms with Gasteiger partial charge in [0.05, 0.1) is 0 Å². The number of pyridine rings is 1. The molecule has 6 nitrogen and oxygen atoms in total. The van der Waals surface area contributed by atoms with Gasteiger partial charge in [-0.3, -0.25) is 0 Å². The first-order valence-electron chi connectivity index (χ1n) is 8.83. The number of anilines is 1. The maximum atomic E-state index is 12.2. The predicted molar refractivity (Wildman–Crippen MR) is 96.3 cm³/mol. The molecular formula is C18H30N4O2. The van der Waals surface area contributed by atoms with Crippen LogP contribution >= 0.6 is 0 Å². The molecule has 0 saturated carbocycles. The van der Waals surface area contributed by atoms with Gasteiger partial charge >= 0.3 is 6.03 Å². The van der Waals surface area contributed by atoms with Crippen molar-refractivity contribution in [3.8, 4) is 0 Å². The van der Waals surface area contributed by atoms with E-state index in [1.54, 1.807) is 0 Å². The zero-order valence-corrected chi connectivity index (χ0v) is 15.0. The van der Waals surface area contributed by atoms with Crippen LogP contribution in [0.1, 0.15) is 45.1 Å². The number of hydrogen-bond donors (Lipinski definition) is 3. The van der Waals surface area contributed by atoms with Gasteiger partial charge in [-0.25, -0.2) is 9.78 Å². The van der Waals surface area contributed by atoms with Crippen LogP contribution < -0.4 is 15.5 Å². The Kier molecular flexibility index (Phi) is 6.43. The molecule has 0 aliphatic carbocycles. The molecule has 1 aliphatic heterocycles. The van der Waals surface area contributed by atoms with E-state index in [2.05, 4.69) is 32.7 Å². The lowest BCUT2D eigenvalue weighted by Gasteiger charge is -2.35. The number of nitrogens with zero attached hydrogens (tertiary/aromatic N) is 2. The number of amides is 2. The number of urea groups is 1. The summed E-state index contributed by atoms with van der Waals surface area (Å²) in [6.45, 7) is 7.88. The summed E-state index contributed by atoms with van der Waals surface area (Å²) in [4.78, 5) is 19.0. The molecule has 1 atom stereocenters. The minimum Gasteiger partial charge on any atom is -0.396 e. The van der Waals surface area contributed by atoms with Gasteiger partial charge in [0, 0.05) is 37.5 Å². The fourth-order valence-electron chi connectivity index (χ4n) is 2.97. The van der Waals surface area contributed by atoms with Gasteiger partial charge in [-0.15, -0.1) is 0 Å². The number of aryl methyl sites for hydroxylation is 1. The van der Waals surface area contributed by atoms with Gasteiger partial charge in [-0.2, -0.15) is 0 Å². The number of piperidine rings is 1. The van der Waals surface area contributed by atoms with E-state index in [0.29, 0.717) is 6.42 Å². The molecule has 3 N–H and O–H groups in total. The molecule has 134 valence electrons. The van der Waals surface area contributed by atoms with Gasteiger partial charge < -0.3 is 20.6 Å². The number of carbonyl (C=O) groups is 1. The molecule has 1 aliphatic rings. The first-order valence-corrected chi connectivity index (χ1v) is 8.83. The van der Waals surface area contributed by atoms with E-state index in [0.717, 1.165) is 43.7 Å². The molecule has 2 rings (SSSR count). The lowest BCUT2D eigenvalue weighted by atomic mass is 9.95. The molecule has 6 heteroatoms. The smallest absolute Gasteiger partial charge is 0.315 e. The van der Waals surface area contributed by atoms with Crippen molar-refractivity contribution in [2.45, 2.75) is 58.0 Å². The SMILES string of the molecule is CCC(C)(CCO)NC(=O)NC1CCN(c2ccc(C)cn2)CC1. The standard InChI is InChI=1S/C18H30N4O2/c1-4-18(3,9-12-23)21-17(24)20-15-7-10-22(11-8-15)16-6-5-14(2)13-19-16/h5-6,13,15,23H,4,7-12H2,1-3H3,(H2,20,21,24). The van der Waals surface area contributed by atoms with E-state index in [-0.39, 0.29) is 24.2 Å². The molecule has 24 heavy (non-hydrogen) atoms. The summed E-state index contributed by atoms with van der Waals surface area (Å²) < 4.78 is 0. The highest BCUT2D eigenvalue weighted by atomic mass is 16.3. The molecule has 1 aromatic heterocycles. The summed E-state index contributed by atoms with van der Waals surface area (Å²) in [5.41, 5.74) is 0.805. The number of aliphatic hydroxyl groups is 1. The number of aliphatic hydroxyl groups excluding tert-OH is 1. The predicted octanol–water partition coefficient (Wildman–Crippen LogP) is 2.21. The Hall–Kier alpha value is -1.82. The minimum atomic E-state index is -0.356. The summed E-state index contributed by atoms with van der Waals surface area (Å²) >= 11 is 0. The van der Waals surface area contributed by atoms with Gasteiger partial charge in [-0.1, -0.05) is 13.0 Å². The Bertz CT molecular complexity index is 526. The van der Waals surface area contributed by atoms with Crippen LogP contribution in [0.25, 0.3) is 0 Å². The van der Waals surface area contributed by atoms with Crippen molar-refractivity contribution >= 4 is 11.8 Å². The molecule has 1 saturated heterocycles. The highest BCUT2D eigenvalue weighted by Gasteiger charge is 2.26. The summed E-state index contributed by atoms with van der Waals surface area (Å²) in [5.74, 6) is 1.00. The van der Waals surface area contributed by atoms with E-state index in [9.17, 15) is 4.79 Å². The molecule has 1 unspecified atom stereocenters. The third kappa shape index (κ3) is 5.09. The largest absolute Gasteiger partial charge is 0.396 e. The third-order valence-corrected chi connectivity index (χ3v) is 4.91. The number of rotatable bonds is 6. The fraction of sp³-hybridized carbons (Fsp3) is 0.667. The molecule has 1 fully saturated rings. The average molecular weight is 334 g/mol. The second-order valence-electron chi connectivity index (χ2n) is 6.94. The summed E-state index contributed by atoms with van der Waals surface area (Å²) in [6.07, 6.45) is 5.06. The molecule has 0 radical (unpaired) electrons. The van der Waals surface area contributed by atoms with Gasteiger partial charge in [0.1, 0.15) is 5.82 Å². The Balaban J connectivity index is 1.80. The number of carbonyl (C=O) groups excluding carboxylic acids is 1. The number of aromatic nitrogens is 1. The third-order valence-electron chi connectivity index (χ3n) is 4.91. The van der Waals surface area contributed by atoms with E-state index in [1.165, 1.54) is 0 Å². The van der Waals surface area contributed by atoms with Crippen LogP contribution in [0.2, 0.25) is 0 Å². The Morgan fingerprint density at radius 1 is 1.42 bits per heavy atom. The normalized spacial score (nSPS) is 18.1. The minimum absolute atomic E-state index is 0.0760. The molecule has 2 amide bonds. The van der Waals surface area contributed by atoms with Crippen LogP contribution in [0.15, 0.2) is 18.3 Å². The molecule has 0 bridgehead atoms. The Morgan fingerprint density at radius 2 is 2.12 bits per heavy atom. The number of hydrogen-bond acceptors (Lipinski definition) is 4. The molecule has 2 heterocycles. The second kappa shape index (κ2) is 8.33. The first-order chi connectivity index (χ1) is 11.5. The van der Waals surface area contributed by atoms with Crippen molar-refractivity contribution in [3.05, 3.63) is 23.9 Å². The first kappa shape index (κ1) is 18.5. The van der Waals surface area contributed by atoms with Crippen LogP contribution in [0.5, 0.6) is 0 Å². The van der Waals surface area contributed by atoms with Crippen molar-refractivity contribution in [1.82, 2.24) is 15.6 Å². The van der Waals surface area contributed by atoms with Crippen LogP contribution in [0, 0.1) is 6.92 Å². The highest BCUT2D eigenvalue weighted by molar-refractivity contribution is 5.75. The molecular weight excluding hydrogens is 304 g/mol. The summed E-state index contributed by atoms with van der Waals surface area (Å²) in [5, 5.41) is 15.2. The lowest BCUT2D eigenvalue weighted by Crippen LogP contribution is -2.54. The van der Waals surface area contributed by atoms with Crippen molar-refractivity contribution in [2.24, 2.45) is 0 Å². The van der Waals surface area contributed by atoms with E-state index < -0.39 is 0 Å². The topological polar surface area (TPSA) is 77.5 Å². The molecule has 1 aromatic rings. The quantitative estimate of drug-likeness (QED) is 0.745. The summed E-state index contributed by atoms with van der Waals surface area (Å²) in [7, 11) is 0. The molecule has 0 spiro atoms. The van der Waals surface area contributed by atoms with Crippen molar-refractivity contribution < 1.29 is 9.90 Å². The second-order valence-corrected chi connectivity index (χ2v) is 6.94. The maximum absolute atomic E-state index is 12.2. The van der Waals surface area contributed by atoms with Gasteiger partial charge in [0.25, 0.3) is 0 Å². The van der Waals surface area contributed by atoms with Crippen molar-refractivity contribution in [3.63, 3.8) is 0 Å². The zero-order valence-electron chi connectivity index (χ0n) is 15.0. The van der Waals surface area contributed by atoms with Crippen LogP contribution in [-0.4, -0.2) is 47.4 Å². The lowest BCUT2D eigenvalue weighted by molar-refractivity contribution is 0.197. The number of nitrogens with one attached hydrogen (secondary N) is 2. The van der Waals surface area contributed by atoms with E-state index in [4.69, 9.17) is 5.11 Å². The monoisotopic (exact) mass is 334 g/mol. The van der Waals surface area contributed by atoms with Gasteiger partial charge in [0.2, 0.25) is 0 Å². The van der Waals surface area contributed by atoms with E-state index in [1.807, 2.05) is 27.0 Å².